The largest absolute Gasteiger partial charge is 0.293 e. The van der Waals surface area contributed by atoms with E-state index in [0.29, 0.717) is 0 Å². The van der Waals surface area contributed by atoms with Gasteiger partial charge in [-0.05, 0) is 12.5 Å². The molecule has 0 aromatic heterocycles. The van der Waals surface area contributed by atoms with Gasteiger partial charge in [0.2, 0.25) is 0 Å². The van der Waals surface area contributed by atoms with E-state index in [2.05, 4.69) is 12.6 Å². The van der Waals surface area contributed by atoms with E-state index in [-0.39, 0.29) is 11.5 Å². The molecule has 0 saturated carbocycles. The molecule has 0 atom stereocenters. The molecule has 11 heavy (non-hydrogen) atoms. The first-order valence-electron chi connectivity index (χ1n) is 3.45. The minimum Gasteiger partial charge on any atom is -0.293 e. The van der Waals surface area contributed by atoms with Gasteiger partial charge >= 0.3 is 0 Å². The maximum Gasteiger partial charge on any atom is 0.172 e. The number of benzene rings is 1. The Morgan fingerprint density at radius 1 is 1.45 bits per heavy atom. The van der Waals surface area contributed by atoms with E-state index in [0.717, 1.165) is 11.1 Å². The molecule has 1 aromatic rings. The third-order valence-electron chi connectivity index (χ3n) is 1.59. The Balaban J connectivity index is 3.03. The normalized spacial score (nSPS) is 9.64. The summed E-state index contributed by atoms with van der Waals surface area (Å²) in [4.78, 5) is 11.2. The Bertz CT molecular complexity index is 268. The van der Waals surface area contributed by atoms with Gasteiger partial charge in [0.1, 0.15) is 0 Å². The molecule has 2 heteroatoms. The molecule has 0 N–H and O–H groups in total. The lowest BCUT2D eigenvalue weighted by Gasteiger charge is -2.00. The first kappa shape index (κ1) is 8.34. The summed E-state index contributed by atoms with van der Waals surface area (Å²) >= 11 is 3.92. The minimum atomic E-state index is 0.0893. The first-order chi connectivity index (χ1) is 5.25. The zero-order valence-corrected chi connectivity index (χ0v) is 7.27. The fourth-order valence-electron chi connectivity index (χ4n) is 0.971. The molecule has 1 rings (SSSR count). The van der Waals surface area contributed by atoms with Crippen molar-refractivity contribution in [1.29, 1.82) is 0 Å². The number of thiol groups is 1. The van der Waals surface area contributed by atoms with Crippen LogP contribution in [0, 0.1) is 6.92 Å². The molecule has 0 spiro atoms. The Morgan fingerprint density at radius 2 is 2.09 bits per heavy atom. The van der Waals surface area contributed by atoms with Gasteiger partial charge in [-0.25, -0.2) is 0 Å². The Kier molecular flexibility index (Phi) is 2.71. The molecule has 0 aliphatic carbocycles. The molecule has 1 nitrogen and oxygen atoms in total. The van der Waals surface area contributed by atoms with Crippen molar-refractivity contribution in [2.75, 3.05) is 5.75 Å². The molecule has 0 aliphatic heterocycles. The number of hydrogen-bond acceptors (Lipinski definition) is 2. The maximum atomic E-state index is 11.2. The average Bonchev–Trinajstić information content (AvgIpc) is 2.04. The van der Waals surface area contributed by atoms with Gasteiger partial charge in [-0.15, -0.1) is 0 Å². The van der Waals surface area contributed by atoms with Crippen LogP contribution in [0.15, 0.2) is 24.3 Å². The van der Waals surface area contributed by atoms with Crippen LogP contribution < -0.4 is 0 Å². The fourth-order valence-corrected chi connectivity index (χ4v) is 1.14. The molecular formula is C9H10OS. The zero-order chi connectivity index (χ0) is 8.27. The minimum absolute atomic E-state index is 0.0893. The van der Waals surface area contributed by atoms with Crippen molar-refractivity contribution in [1.82, 2.24) is 0 Å². The molecular weight excluding hydrogens is 156 g/mol. The summed E-state index contributed by atoms with van der Waals surface area (Å²) in [6, 6.07) is 7.54. The van der Waals surface area contributed by atoms with E-state index in [1.165, 1.54) is 0 Å². The standard InChI is InChI=1S/C9H10OS/c1-7-4-2-3-5-8(7)9(10)6-11/h2-5,11H,6H2,1H3. The van der Waals surface area contributed by atoms with E-state index in [1.807, 2.05) is 31.2 Å². The van der Waals surface area contributed by atoms with Crippen LogP contribution in [0.1, 0.15) is 15.9 Å². The van der Waals surface area contributed by atoms with Gasteiger partial charge < -0.3 is 0 Å². The summed E-state index contributed by atoms with van der Waals surface area (Å²) in [5.74, 6) is 0.372. The number of carbonyl (C=O) groups is 1. The third kappa shape index (κ3) is 1.84. The van der Waals surface area contributed by atoms with Crippen molar-refractivity contribution in [3.05, 3.63) is 35.4 Å². The van der Waals surface area contributed by atoms with E-state index < -0.39 is 0 Å². The van der Waals surface area contributed by atoms with Crippen LogP contribution in [0.2, 0.25) is 0 Å². The van der Waals surface area contributed by atoms with E-state index in [4.69, 9.17) is 0 Å². The van der Waals surface area contributed by atoms with Crippen LogP contribution in [0.4, 0.5) is 0 Å². The summed E-state index contributed by atoms with van der Waals surface area (Å²) in [6.45, 7) is 1.93. The first-order valence-corrected chi connectivity index (χ1v) is 4.08. The van der Waals surface area contributed by atoms with Crippen molar-refractivity contribution in [2.45, 2.75) is 6.92 Å². The maximum absolute atomic E-state index is 11.2. The van der Waals surface area contributed by atoms with Gasteiger partial charge in [0.05, 0.1) is 5.75 Å². The summed E-state index contributed by atoms with van der Waals surface area (Å²) in [5, 5.41) is 0. The Labute approximate surface area is 71.8 Å². The van der Waals surface area contributed by atoms with E-state index in [1.54, 1.807) is 0 Å². The van der Waals surface area contributed by atoms with Crippen molar-refractivity contribution >= 4 is 18.4 Å². The second-order valence-corrected chi connectivity index (χ2v) is 2.71. The Morgan fingerprint density at radius 3 is 2.64 bits per heavy atom. The molecule has 0 amide bonds. The lowest BCUT2D eigenvalue weighted by Crippen LogP contribution is -2.01. The van der Waals surface area contributed by atoms with Gasteiger partial charge in [-0.1, -0.05) is 24.3 Å². The molecule has 0 saturated heterocycles. The molecule has 0 bridgehead atoms. The summed E-state index contributed by atoms with van der Waals surface area (Å²) in [6.07, 6.45) is 0. The topological polar surface area (TPSA) is 17.1 Å². The highest BCUT2D eigenvalue weighted by molar-refractivity contribution is 7.81. The number of carbonyl (C=O) groups excluding carboxylic acids is 1. The summed E-state index contributed by atoms with van der Waals surface area (Å²) in [7, 11) is 0. The van der Waals surface area contributed by atoms with Crippen molar-refractivity contribution < 1.29 is 4.79 Å². The molecule has 0 fully saturated rings. The fraction of sp³-hybridized carbons (Fsp3) is 0.222. The van der Waals surface area contributed by atoms with Gasteiger partial charge in [0.25, 0.3) is 0 Å². The van der Waals surface area contributed by atoms with Crippen LogP contribution >= 0.6 is 12.6 Å². The number of aryl methyl sites for hydroxylation is 1. The average molecular weight is 166 g/mol. The second-order valence-electron chi connectivity index (χ2n) is 2.40. The molecule has 1 aromatic carbocycles. The SMILES string of the molecule is Cc1ccccc1C(=O)CS. The molecule has 0 heterocycles. The highest BCUT2D eigenvalue weighted by Crippen LogP contribution is 2.07. The number of rotatable bonds is 2. The summed E-state index contributed by atoms with van der Waals surface area (Å²) in [5.41, 5.74) is 1.80. The van der Waals surface area contributed by atoms with Gasteiger partial charge in [-0.3, -0.25) is 4.79 Å². The van der Waals surface area contributed by atoms with Crippen LogP contribution in [0.3, 0.4) is 0 Å². The van der Waals surface area contributed by atoms with Crippen molar-refractivity contribution in [2.24, 2.45) is 0 Å². The predicted molar refractivity (Wildman–Crippen MR) is 49.4 cm³/mol. The highest BCUT2D eigenvalue weighted by Gasteiger charge is 2.04. The quantitative estimate of drug-likeness (QED) is 0.526. The molecule has 0 aliphatic rings. The summed E-state index contributed by atoms with van der Waals surface area (Å²) < 4.78 is 0. The number of hydrogen-bond donors (Lipinski definition) is 1. The monoisotopic (exact) mass is 166 g/mol. The number of ketones is 1. The zero-order valence-electron chi connectivity index (χ0n) is 6.37. The van der Waals surface area contributed by atoms with Crippen LogP contribution in [0.25, 0.3) is 0 Å². The van der Waals surface area contributed by atoms with Crippen LogP contribution in [-0.4, -0.2) is 11.5 Å². The third-order valence-corrected chi connectivity index (χ3v) is 1.88. The smallest absolute Gasteiger partial charge is 0.172 e. The van der Waals surface area contributed by atoms with E-state index in [9.17, 15) is 4.79 Å². The van der Waals surface area contributed by atoms with E-state index >= 15 is 0 Å². The van der Waals surface area contributed by atoms with Crippen molar-refractivity contribution in [3.8, 4) is 0 Å². The molecule has 0 unspecified atom stereocenters. The van der Waals surface area contributed by atoms with Gasteiger partial charge in [0.15, 0.2) is 5.78 Å². The van der Waals surface area contributed by atoms with Gasteiger partial charge in [-0.2, -0.15) is 12.6 Å². The predicted octanol–water partition coefficient (Wildman–Crippen LogP) is 2.11. The van der Waals surface area contributed by atoms with Gasteiger partial charge in [0, 0.05) is 5.56 Å². The van der Waals surface area contributed by atoms with Crippen LogP contribution in [-0.2, 0) is 0 Å². The van der Waals surface area contributed by atoms with Crippen LogP contribution in [0.5, 0.6) is 0 Å². The lowest BCUT2D eigenvalue weighted by molar-refractivity contribution is 0.102. The van der Waals surface area contributed by atoms with Crippen molar-refractivity contribution in [3.63, 3.8) is 0 Å². The second kappa shape index (κ2) is 3.58. The Hall–Kier alpha value is -0.760. The number of Topliss-reactive ketones (excluding diaryl/α,β-unsaturated/α-hetero) is 1. The highest BCUT2D eigenvalue weighted by atomic mass is 32.1. The molecule has 0 radical (unpaired) electrons. The molecule has 58 valence electrons. The lowest BCUT2D eigenvalue weighted by atomic mass is 10.1.